The predicted molar refractivity (Wildman–Crippen MR) is 43.1 cm³/mol. The van der Waals surface area contributed by atoms with Crippen LogP contribution in [0.2, 0.25) is 0 Å². The lowest BCUT2D eigenvalue weighted by atomic mass is 10.2. The molecule has 0 saturated carbocycles. The van der Waals surface area contributed by atoms with Gasteiger partial charge < -0.3 is 15.3 Å². The second-order valence-corrected chi connectivity index (χ2v) is 2.84. The molecule has 1 saturated heterocycles. The van der Waals surface area contributed by atoms with Gasteiger partial charge in [0.15, 0.2) is 0 Å². The Bertz CT molecular complexity index is 272. The molecule has 0 radical (unpaired) electrons. The van der Waals surface area contributed by atoms with Crippen molar-refractivity contribution in [1.82, 2.24) is 10.2 Å². The fourth-order valence-electron chi connectivity index (χ4n) is 1.42. The molecule has 5 nitrogen and oxygen atoms in total. The number of likely N-dealkylation sites (tertiary alicyclic amines) is 1. The number of hydrogen-bond donors (Lipinski definition) is 2. The molecule has 2 aliphatic heterocycles. The maximum atomic E-state index is 10.6. The van der Waals surface area contributed by atoms with Crippen molar-refractivity contribution >= 4 is 12.4 Å². The third kappa shape index (κ3) is 1.03. The third-order valence-electron chi connectivity index (χ3n) is 2.06. The Morgan fingerprint density at radius 3 is 3.33 bits per heavy atom. The van der Waals surface area contributed by atoms with Gasteiger partial charge in [-0.05, 0) is 5.57 Å². The molecule has 12 heavy (non-hydrogen) atoms. The Balaban J connectivity index is 2.13. The molecular formula is C7H9N3O2. The zero-order chi connectivity index (χ0) is 8.55. The van der Waals surface area contributed by atoms with Crippen LogP contribution in [0.4, 0.5) is 4.79 Å². The van der Waals surface area contributed by atoms with E-state index < -0.39 is 6.09 Å². The van der Waals surface area contributed by atoms with E-state index in [-0.39, 0.29) is 6.04 Å². The Morgan fingerprint density at radius 1 is 1.83 bits per heavy atom. The molecule has 2 N–H and O–H groups in total. The first kappa shape index (κ1) is 7.15. The Hall–Kier alpha value is -1.52. The van der Waals surface area contributed by atoms with Crippen LogP contribution < -0.4 is 5.32 Å². The van der Waals surface area contributed by atoms with Crippen molar-refractivity contribution in [2.75, 3.05) is 13.1 Å². The van der Waals surface area contributed by atoms with Crippen LogP contribution in [0.1, 0.15) is 0 Å². The molecule has 0 aliphatic carbocycles. The van der Waals surface area contributed by atoms with Crippen LogP contribution in [0.15, 0.2) is 16.8 Å². The maximum absolute atomic E-state index is 10.6. The van der Waals surface area contributed by atoms with Crippen molar-refractivity contribution in [3.63, 3.8) is 0 Å². The van der Waals surface area contributed by atoms with Gasteiger partial charge in [-0.1, -0.05) is 0 Å². The van der Waals surface area contributed by atoms with Crippen LogP contribution in [0.3, 0.4) is 0 Å². The summed E-state index contributed by atoms with van der Waals surface area (Å²) in [7, 11) is 0. The monoisotopic (exact) mass is 167 g/mol. The number of nitrogens with one attached hydrogen (secondary N) is 1. The quantitative estimate of drug-likeness (QED) is 0.528. The minimum Gasteiger partial charge on any atom is -0.465 e. The summed E-state index contributed by atoms with van der Waals surface area (Å²) in [6.07, 6.45) is 2.54. The topological polar surface area (TPSA) is 64.9 Å². The van der Waals surface area contributed by atoms with Crippen molar-refractivity contribution in [1.29, 1.82) is 0 Å². The molecular weight excluding hydrogens is 158 g/mol. The Morgan fingerprint density at radius 2 is 2.67 bits per heavy atom. The Kier molecular flexibility index (Phi) is 1.49. The number of rotatable bonds is 0. The van der Waals surface area contributed by atoms with E-state index in [1.807, 2.05) is 6.20 Å². The number of carbonyl (C=O) groups is 1. The molecule has 1 unspecified atom stereocenters. The van der Waals surface area contributed by atoms with E-state index in [0.29, 0.717) is 13.1 Å². The van der Waals surface area contributed by atoms with Gasteiger partial charge in [0.2, 0.25) is 0 Å². The molecule has 1 fully saturated rings. The molecule has 0 bridgehead atoms. The average Bonchev–Trinajstić information content (AvgIpc) is 2.46. The summed E-state index contributed by atoms with van der Waals surface area (Å²) in [5, 5.41) is 11.5. The number of fused-ring (bicyclic) bond motifs is 1. The fourth-order valence-corrected chi connectivity index (χ4v) is 1.42. The molecule has 0 aromatic carbocycles. The van der Waals surface area contributed by atoms with Gasteiger partial charge in [-0.2, -0.15) is 0 Å². The van der Waals surface area contributed by atoms with E-state index in [9.17, 15) is 4.79 Å². The predicted octanol–water partition coefficient (Wildman–Crippen LogP) is -0.136. The van der Waals surface area contributed by atoms with Crippen LogP contribution in [0.5, 0.6) is 0 Å². The third-order valence-corrected chi connectivity index (χ3v) is 2.06. The van der Waals surface area contributed by atoms with Crippen LogP contribution in [-0.4, -0.2) is 41.6 Å². The van der Waals surface area contributed by atoms with Crippen LogP contribution in [0.25, 0.3) is 0 Å². The number of aliphatic imine (C=N–C) groups is 1. The van der Waals surface area contributed by atoms with Crippen LogP contribution in [-0.2, 0) is 0 Å². The number of hydrogen-bond acceptors (Lipinski definition) is 3. The summed E-state index contributed by atoms with van der Waals surface area (Å²) in [4.78, 5) is 16.0. The van der Waals surface area contributed by atoms with E-state index in [4.69, 9.17) is 5.11 Å². The first-order valence-electron chi connectivity index (χ1n) is 3.72. The molecule has 2 heterocycles. The highest BCUT2D eigenvalue weighted by Crippen LogP contribution is 2.19. The van der Waals surface area contributed by atoms with Crippen molar-refractivity contribution < 1.29 is 9.90 Å². The average molecular weight is 167 g/mol. The summed E-state index contributed by atoms with van der Waals surface area (Å²) in [6.45, 7) is 0.962. The van der Waals surface area contributed by atoms with Gasteiger partial charge >= 0.3 is 6.09 Å². The second-order valence-electron chi connectivity index (χ2n) is 2.84. The second kappa shape index (κ2) is 2.51. The van der Waals surface area contributed by atoms with Crippen molar-refractivity contribution in [2.45, 2.75) is 6.04 Å². The number of carboxylic acid groups (broad SMARTS) is 1. The van der Waals surface area contributed by atoms with Gasteiger partial charge in [0, 0.05) is 12.7 Å². The molecule has 0 aromatic heterocycles. The van der Waals surface area contributed by atoms with Crippen LogP contribution in [0, 0.1) is 0 Å². The van der Waals surface area contributed by atoms with Gasteiger partial charge in [-0.3, -0.25) is 4.99 Å². The van der Waals surface area contributed by atoms with Gasteiger partial charge in [0.05, 0.1) is 18.9 Å². The molecule has 2 rings (SSSR count). The normalized spacial score (nSPS) is 26.2. The number of nitrogens with zero attached hydrogens (tertiary/aromatic N) is 2. The van der Waals surface area contributed by atoms with E-state index in [1.165, 1.54) is 4.90 Å². The SMILES string of the molecule is O=C(O)N1CC2=CNC=NC2C1. The molecule has 64 valence electrons. The van der Waals surface area contributed by atoms with Crippen molar-refractivity contribution in [3.8, 4) is 0 Å². The molecule has 5 heteroatoms. The largest absolute Gasteiger partial charge is 0.465 e. The zero-order valence-corrected chi connectivity index (χ0v) is 6.40. The first-order valence-corrected chi connectivity index (χ1v) is 3.72. The van der Waals surface area contributed by atoms with Gasteiger partial charge in [-0.25, -0.2) is 4.79 Å². The van der Waals surface area contributed by atoms with E-state index in [2.05, 4.69) is 10.3 Å². The highest BCUT2D eigenvalue weighted by Gasteiger charge is 2.30. The van der Waals surface area contributed by atoms with Gasteiger partial charge in [0.1, 0.15) is 0 Å². The maximum Gasteiger partial charge on any atom is 0.407 e. The van der Waals surface area contributed by atoms with E-state index in [0.717, 1.165) is 5.57 Å². The lowest BCUT2D eigenvalue weighted by Gasteiger charge is -2.09. The minimum absolute atomic E-state index is 0.0438. The van der Waals surface area contributed by atoms with Gasteiger partial charge in [-0.15, -0.1) is 0 Å². The fraction of sp³-hybridized carbons (Fsp3) is 0.429. The highest BCUT2D eigenvalue weighted by atomic mass is 16.4. The number of amides is 1. The standard InChI is InChI=1S/C7H9N3O2/c11-7(12)10-2-5-1-8-4-9-6(5)3-10/h1,4,6H,2-3H2,(H,8,9)(H,11,12). The Labute approximate surface area is 69.4 Å². The minimum atomic E-state index is -0.875. The summed E-state index contributed by atoms with van der Waals surface area (Å²) in [6, 6.07) is 0.0438. The van der Waals surface area contributed by atoms with Gasteiger partial charge in [0.25, 0.3) is 0 Å². The van der Waals surface area contributed by atoms with Crippen molar-refractivity contribution in [2.24, 2.45) is 4.99 Å². The lowest BCUT2D eigenvalue weighted by Crippen LogP contribution is -2.27. The molecule has 2 aliphatic rings. The lowest BCUT2D eigenvalue weighted by molar-refractivity contribution is 0.156. The summed E-state index contributed by atoms with van der Waals surface area (Å²) in [5.74, 6) is 0. The highest BCUT2D eigenvalue weighted by molar-refractivity contribution is 5.68. The molecule has 1 atom stereocenters. The summed E-state index contributed by atoms with van der Waals surface area (Å²) < 4.78 is 0. The smallest absolute Gasteiger partial charge is 0.407 e. The summed E-state index contributed by atoms with van der Waals surface area (Å²) >= 11 is 0. The van der Waals surface area contributed by atoms with E-state index in [1.54, 1.807) is 6.34 Å². The van der Waals surface area contributed by atoms with E-state index >= 15 is 0 Å². The zero-order valence-electron chi connectivity index (χ0n) is 6.40. The first-order chi connectivity index (χ1) is 5.77. The molecule has 1 amide bonds. The van der Waals surface area contributed by atoms with Crippen molar-refractivity contribution in [3.05, 3.63) is 11.8 Å². The molecule has 0 spiro atoms. The van der Waals surface area contributed by atoms with Crippen LogP contribution >= 0.6 is 0 Å². The molecule has 0 aromatic rings. The summed E-state index contributed by atoms with van der Waals surface area (Å²) in [5.41, 5.74) is 1.04.